The van der Waals surface area contributed by atoms with Gasteiger partial charge in [0.15, 0.2) is 18.1 Å². The number of nitrogens with two attached hydrogens (primary N) is 2. The largest absolute Gasteiger partial charge is 0.451 e. The van der Waals surface area contributed by atoms with Crippen LogP contribution in [0.5, 0.6) is 0 Å². The maximum atomic E-state index is 13.0. The van der Waals surface area contributed by atoms with E-state index < -0.39 is 35.6 Å². The summed E-state index contributed by atoms with van der Waals surface area (Å²) in [5.41, 5.74) is 12.5. The van der Waals surface area contributed by atoms with Crippen molar-refractivity contribution in [2.24, 2.45) is 16.5 Å². The Labute approximate surface area is 205 Å². The van der Waals surface area contributed by atoms with Crippen LogP contribution in [-0.2, 0) is 11.3 Å². The highest BCUT2D eigenvalue weighted by molar-refractivity contribution is 5.98. The normalized spacial score (nSPS) is 29.6. The number of nitrogens with one attached hydrogen (secondary N) is 2. The molecule has 0 saturated carbocycles. The van der Waals surface area contributed by atoms with Crippen LogP contribution in [0.25, 0.3) is 0 Å². The first-order chi connectivity index (χ1) is 17.2. The molecule has 1 fully saturated rings. The maximum Gasteiger partial charge on any atom is 0.343 e. The van der Waals surface area contributed by atoms with Gasteiger partial charge < -0.3 is 25.6 Å². The fraction of sp³-hybridized carbons (Fsp3) is 0.333. The number of fused-ring (bicyclic) bond motifs is 1. The van der Waals surface area contributed by atoms with Gasteiger partial charge in [0, 0.05) is 18.7 Å². The zero-order valence-corrected chi connectivity index (χ0v) is 19.2. The van der Waals surface area contributed by atoms with Gasteiger partial charge in [-0.25, -0.2) is 15.1 Å². The van der Waals surface area contributed by atoms with E-state index in [1.807, 2.05) is 18.2 Å². The van der Waals surface area contributed by atoms with Crippen LogP contribution in [0, 0.1) is 0 Å². The van der Waals surface area contributed by atoms with Crippen molar-refractivity contribution < 1.29 is 29.5 Å². The Bertz CT molecular complexity index is 1310. The molecule has 1 saturated heterocycles. The molecule has 0 aliphatic carbocycles. The first kappa shape index (κ1) is 22.3. The highest BCUT2D eigenvalue weighted by atomic mass is 16.6. The molecule has 4 aliphatic rings. The molecule has 1 amide bonds. The smallest absolute Gasteiger partial charge is 0.343 e. The zero-order chi connectivity index (χ0) is 25.2. The number of benzene rings is 2. The fourth-order valence-electron chi connectivity index (χ4n) is 5.72. The Balaban J connectivity index is 1.31. The summed E-state index contributed by atoms with van der Waals surface area (Å²) in [5.74, 6) is -3.38. The molecule has 2 aromatic carbocycles. The minimum atomic E-state index is -2.62. The summed E-state index contributed by atoms with van der Waals surface area (Å²) in [5, 5.41) is 25.9. The van der Waals surface area contributed by atoms with Crippen LogP contribution in [-0.4, -0.2) is 86.5 Å². The van der Waals surface area contributed by atoms with Gasteiger partial charge in [0.25, 0.3) is 17.4 Å². The molecular weight excluding hydrogens is 466 g/mol. The van der Waals surface area contributed by atoms with E-state index in [0.717, 1.165) is 5.56 Å². The Morgan fingerprint density at radius 1 is 1.17 bits per heavy atom. The second kappa shape index (κ2) is 7.67. The molecule has 4 aliphatic heterocycles. The predicted octanol–water partition coefficient (Wildman–Crippen LogP) is -3.38. The van der Waals surface area contributed by atoms with Crippen LogP contribution in [0.2, 0.25) is 0 Å². The highest BCUT2D eigenvalue weighted by Crippen LogP contribution is 2.42. The van der Waals surface area contributed by atoms with Crippen molar-refractivity contribution in [3.63, 3.8) is 0 Å². The molecule has 4 heterocycles. The molecule has 36 heavy (non-hydrogen) atoms. The summed E-state index contributed by atoms with van der Waals surface area (Å²) in [6, 6.07) is 14.1. The van der Waals surface area contributed by atoms with Gasteiger partial charge in [0.2, 0.25) is 0 Å². The Kier molecular flexibility index (Phi) is 4.75. The molecular formula is C24H26N7O5+. The average molecular weight is 493 g/mol. The molecule has 0 bridgehead atoms. The lowest BCUT2D eigenvalue weighted by Gasteiger charge is -2.46. The number of hydrogen-bond acceptors (Lipinski definition) is 10. The summed E-state index contributed by atoms with van der Waals surface area (Å²) in [7, 11) is 0. The van der Waals surface area contributed by atoms with E-state index in [1.54, 1.807) is 41.3 Å². The molecule has 2 aromatic rings. The predicted molar refractivity (Wildman–Crippen MR) is 126 cm³/mol. The third kappa shape index (κ3) is 3.01. The Hall–Kier alpha value is -4.16. The van der Waals surface area contributed by atoms with Crippen LogP contribution in [0.1, 0.15) is 26.3 Å². The number of nitrogens with zero attached hydrogens (tertiary/aromatic N) is 3. The van der Waals surface area contributed by atoms with Gasteiger partial charge in [0.05, 0.1) is 12.1 Å². The minimum Gasteiger partial charge on any atom is -0.451 e. The zero-order valence-electron chi connectivity index (χ0n) is 19.2. The number of aliphatic imine (C=N–C) groups is 1. The summed E-state index contributed by atoms with van der Waals surface area (Å²) < 4.78 is 5.55. The molecule has 0 aromatic heterocycles. The topological polar surface area (TPSA) is 181 Å². The van der Waals surface area contributed by atoms with Gasteiger partial charge in [-0.3, -0.25) is 20.4 Å². The molecule has 6 rings (SSSR count). The summed E-state index contributed by atoms with van der Waals surface area (Å²) in [4.78, 5) is 36.4. The number of rotatable bonds is 4. The number of guanidine groups is 2. The van der Waals surface area contributed by atoms with Crippen LogP contribution in [0.4, 0.5) is 0 Å². The molecule has 186 valence electrons. The van der Waals surface area contributed by atoms with Gasteiger partial charge >= 0.3 is 11.9 Å². The lowest BCUT2D eigenvalue weighted by atomic mass is 9.85. The van der Waals surface area contributed by atoms with Crippen LogP contribution < -0.4 is 21.8 Å². The van der Waals surface area contributed by atoms with Crippen molar-refractivity contribution in [1.82, 2.24) is 15.1 Å². The maximum absolute atomic E-state index is 13.0. The first-order valence-electron chi connectivity index (χ1n) is 11.6. The summed E-state index contributed by atoms with van der Waals surface area (Å²) in [6.07, 6.45) is -1.38. The number of ether oxygens (including phenoxy) is 1. The van der Waals surface area contributed by atoms with E-state index in [0.29, 0.717) is 12.1 Å². The first-order valence-corrected chi connectivity index (χ1v) is 11.6. The molecule has 0 unspecified atom stereocenters. The van der Waals surface area contributed by atoms with Gasteiger partial charge in [-0.15, -0.1) is 0 Å². The molecule has 12 heteroatoms. The third-order valence-electron chi connectivity index (χ3n) is 7.39. The quantitative estimate of drug-likeness (QED) is 0.187. The SMILES string of the molecule is NC1=N[C@@H](CN2Cc3ccccc3C2=O)[C@@H]2[NH+]=C(N)N[C@]23N1C[C@H](OC(=O)c1ccccc1)C3(O)O. The third-order valence-corrected chi connectivity index (χ3v) is 7.39. The van der Waals surface area contributed by atoms with Crippen molar-refractivity contribution in [2.45, 2.75) is 36.2 Å². The van der Waals surface area contributed by atoms with Crippen LogP contribution >= 0.6 is 0 Å². The second-order valence-corrected chi connectivity index (χ2v) is 9.42. The molecule has 12 nitrogen and oxygen atoms in total. The molecule has 4 atom stereocenters. The van der Waals surface area contributed by atoms with E-state index >= 15 is 0 Å². The van der Waals surface area contributed by atoms with E-state index in [4.69, 9.17) is 16.2 Å². The molecule has 8 N–H and O–H groups in total. The Morgan fingerprint density at radius 2 is 1.89 bits per heavy atom. The standard InChI is InChI=1S/C24H25N7O5/c25-21-28-18-16(11-30-10-14-8-4-5-9-15(14)19(30)32)27-22(26)31-12-17(24(34,35)23(18,31)29-21)36-20(33)13-6-2-1-3-7-13/h1-9,16-18,34-35H,10-12H2,(H2,26,27)(H3,25,28,29)/p+1/t16-,17-,18-,23-/m0/s1. The van der Waals surface area contributed by atoms with Gasteiger partial charge in [-0.05, 0) is 23.8 Å². The monoisotopic (exact) mass is 492 g/mol. The van der Waals surface area contributed by atoms with Crippen molar-refractivity contribution >= 4 is 23.8 Å². The number of carbonyl (C=O) groups excluding carboxylic acids is 2. The molecule has 1 spiro atoms. The molecule has 0 radical (unpaired) electrons. The van der Waals surface area contributed by atoms with Gasteiger partial charge in [0.1, 0.15) is 6.04 Å². The van der Waals surface area contributed by atoms with E-state index in [9.17, 15) is 19.8 Å². The fourth-order valence-corrected chi connectivity index (χ4v) is 5.72. The van der Waals surface area contributed by atoms with Crippen molar-refractivity contribution in [3.8, 4) is 0 Å². The number of carbonyl (C=O) groups is 2. The van der Waals surface area contributed by atoms with Crippen molar-refractivity contribution in [2.75, 3.05) is 13.1 Å². The van der Waals surface area contributed by atoms with Crippen molar-refractivity contribution in [3.05, 3.63) is 71.3 Å². The minimum absolute atomic E-state index is 0.00939. The number of amides is 1. The Morgan fingerprint density at radius 3 is 2.64 bits per heavy atom. The van der Waals surface area contributed by atoms with Crippen molar-refractivity contribution in [1.29, 1.82) is 0 Å². The van der Waals surface area contributed by atoms with Gasteiger partial charge in [-0.2, -0.15) is 0 Å². The highest BCUT2D eigenvalue weighted by Gasteiger charge is 2.77. The average Bonchev–Trinajstić information content (AvgIpc) is 3.45. The number of hydrogen-bond donors (Lipinski definition) is 6. The lowest BCUT2D eigenvalue weighted by Crippen LogP contribution is -2.90. The van der Waals surface area contributed by atoms with E-state index in [1.165, 1.54) is 4.90 Å². The second-order valence-electron chi connectivity index (χ2n) is 9.42. The van der Waals surface area contributed by atoms with Crippen LogP contribution in [0.15, 0.2) is 59.6 Å². The van der Waals surface area contributed by atoms with E-state index in [-0.39, 0.29) is 36.5 Å². The lowest BCUT2D eigenvalue weighted by molar-refractivity contribution is -0.522. The number of esters is 1. The van der Waals surface area contributed by atoms with Gasteiger partial charge in [-0.1, -0.05) is 36.4 Å². The van der Waals surface area contributed by atoms with E-state index in [2.05, 4.69) is 15.3 Å². The number of aliphatic hydroxyl groups is 2. The summed E-state index contributed by atoms with van der Waals surface area (Å²) in [6.45, 7) is 0.416. The summed E-state index contributed by atoms with van der Waals surface area (Å²) >= 11 is 0. The van der Waals surface area contributed by atoms with Crippen LogP contribution in [0.3, 0.4) is 0 Å².